The van der Waals surface area contributed by atoms with Gasteiger partial charge < -0.3 is 14.7 Å². The first-order valence-corrected chi connectivity index (χ1v) is 11.3. The average Bonchev–Trinajstić information content (AvgIpc) is 3.21. The van der Waals surface area contributed by atoms with Crippen LogP contribution < -0.4 is 4.90 Å². The number of anilines is 1. The van der Waals surface area contributed by atoms with Crippen molar-refractivity contribution >= 4 is 28.8 Å². The van der Waals surface area contributed by atoms with Crippen LogP contribution in [-0.4, -0.2) is 85.4 Å². The molecule has 0 unspecified atom stereocenters. The second kappa shape index (κ2) is 9.57. The summed E-state index contributed by atoms with van der Waals surface area (Å²) >= 11 is 1.46. The van der Waals surface area contributed by atoms with Crippen molar-refractivity contribution in [1.82, 2.24) is 14.7 Å². The number of thiophene rings is 1. The predicted molar refractivity (Wildman–Crippen MR) is 116 cm³/mol. The van der Waals surface area contributed by atoms with Crippen molar-refractivity contribution in [2.75, 3.05) is 63.8 Å². The highest BCUT2D eigenvalue weighted by Gasteiger charge is 2.26. The molecule has 0 N–H and O–H groups in total. The Bertz CT molecular complexity index is 851. The summed E-state index contributed by atoms with van der Waals surface area (Å²) in [5, 5.41) is 1.91. The molecule has 2 amide bonds. The van der Waals surface area contributed by atoms with Gasteiger partial charge in [-0.05, 0) is 42.1 Å². The van der Waals surface area contributed by atoms with Gasteiger partial charge in [0, 0.05) is 58.0 Å². The van der Waals surface area contributed by atoms with E-state index < -0.39 is 0 Å². The zero-order chi connectivity index (χ0) is 20.9. The van der Waals surface area contributed by atoms with Gasteiger partial charge in [0.05, 0.1) is 11.4 Å². The number of carbonyl (C=O) groups is 2. The van der Waals surface area contributed by atoms with Crippen molar-refractivity contribution in [2.24, 2.45) is 0 Å². The number of nitrogens with zero attached hydrogens (tertiary/aromatic N) is 4. The predicted octanol–water partition coefficient (Wildman–Crippen LogP) is 2.38. The zero-order valence-electron chi connectivity index (χ0n) is 17.0. The van der Waals surface area contributed by atoms with E-state index in [4.69, 9.17) is 0 Å². The summed E-state index contributed by atoms with van der Waals surface area (Å²) < 4.78 is 13.2. The summed E-state index contributed by atoms with van der Waals surface area (Å²) in [5.41, 5.74) is 1.02. The highest BCUT2D eigenvalue weighted by atomic mass is 32.1. The molecule has 2 aliphatic heterocycles. The van der Waals surface area contributed by atoms with E-state index in [2.05, 4.69) is 9.80 Å². The second-order valence-corrected chi connectivity index (χ2v) is 8.69. The molecule has 160 valence electrons. The standard InChI is InChI=1S/C22H27FN4O2S/c23-18-4-6-19(7-5-18)25-9-2-8-24(10-11-25)17-21(28)26-12-14-27(15-13-26)22(29)20-3-1-16-30-20/h1,3-7,16H,2,8-15,17H2. The highest BCUT2D eigenvalue weighted by Crippen LogP contribution is 2.18. The van der Waals surface area contributed by atoms with E-state index in [1.807, 2.05) is 39.4 Å². The lowest BCUT2D eigenvalue weighted by Gasteiger charge is -2.35. The molecule has 30 heavy (non-hydrogen) atoms. The van der Waals surface area contributed by atoms with Gasteiger partial charge >= 0.3 is 0 Å². The average molecular weight is 431 g/mol. The maximum atomic E-state index is 13.2. The smallest absolute Gasteiger partial charge is 0.264 e. The fourth-order valence-electron chi connectivity index (χ4n) is 4.05. The molecule has 3 heterocycles. The van der Waals surface area contributed by atoms with E-state index in [1.165, 1.54) is 23.5 Å². The van der Waals surface area contributed by atoms with E-state index >= 15 is 0 Å². The molecule has 0 spiro atoms. The number of benzene rings is 1. The van der Waals surface area contributed by atoms with Crippen molar-refractivity contribution in [3.05, 3.63) is 52.5 Å². The Balaban J connectivity index is 1.24. The van der Waals surface area contributed by atoms with E-state index in [-0.39, 0.29) is 17.6 Å². The van der Waals surface area contributed by atoms with E-state index in [0.29, 0.717) is 32.7 Å². The number of piperazine rings is 1. The van der Waals surface area contributed by atoms with Gasteiger partial charge in [-0.3, -0.25) is 14.5 Å². The molecule has 8 heteroatoms. The Morgan fingerprint density at radius 3 is 2.30 bits per heavy atom. The summed E-state index contributed by atoms with van der Waals surface area (Å²) in [6.45, 7) is 6.16. The van der Waals surface area contributed by atoms with E-state index in [1.54, 1.807) is 0 Å². The Labute approximate surface area is 180 Å². The number of halogens is 1. The van der Waals surface area contributed by atoms with Crippen molar-refractivity contribution in [1.29, 1.82) is 0 Å². The largest absolute Gasteiger partial charge is 0.370 e. The van der Waals surface area contributed by atoms with Crippen LogP contribution >= 0.6 is 11.3 Å². The number of rotatable bonds is 4. The minimum absolute atomic E-state index is 0.0606. The van der Waals surface area contributed by atoms with Gasteiger partial charge in [0.1, 0.15) is 5.82 Å². The first-order chi connectivity index (χ1) is 14.6. The van der Waals surface area contributed by atoms with Crippen molar-refractivity contribution in [3.63, 3.8) is 0 Å². The SMILES string of the molecule is O=C(CN1CCCN(c2ccc(F)cc2)CC1)N1CCN(C(=O)c2cccs2)CC1. The number of carbonyl (C=O) groups excluding carboxylic acids is 2. The molecular weight excluding hydrogens is 403 g/mol. The topological polar surface area (TPSA) is 47.1 Å². The molecule has 2 fully saturated rings. The molecule has 4 rings (SSSR count). The fraction of sp³-hybridized carbons (Fsp3) is 0.455. The van der Waals surface area contributed by atoms with Crippen LogP contribution in [0.4, 0.5) is 10.1 Å². The minimum atomic E-state index is -0.224. The lowest BCUT2D eigenvalue weighted by atomic mass is 10.2. The van der Waals surface area contributed by atoms with E-state index in [0.717, 1.165) is 43.2 Å². The Hall–Kier alpha value is -2.45. The monoisotopic (exact) mass is 430 g/mol. The van der Waals surface area contributed by atoms with Crippen molar-refractivity contribution in [3.8, 4) is 0 Å². The lowest BCUT2D eigenvalue weighted by molar-refractivity contribution is -0.133. The van der Waals surface area contributed by atoms with Gasteiger partial charge in [-0.15, -0.1) is 11.3 Å². The van der Waals surface area contributed by atoms with Crippen LogP contribution in [-0.2, 0) is 4.79 Å². The first kappa shape index (κ1) is 20.8. The van der Waals surface area contributed by atoms with Gasteiger partial charge in [-0.1, -0.05) is 6.07 Å². The molecule has 6 nitrogen and oxygen atoms in total. The number of hydrogen-bond donors (Lipinski definition) is 0. The first-order valence-electron chi connectivity index (χ1n) is 10.4. The zero-order valence-corrected chi connectivity index (χ0v) is 17.8. The molecule has 2 aromatic rings. The van der Waals surface area contributed by atoms with Crippen LogP contribution in [0.25, 0.3) is 0 Å². The third-order valence-corrected chi connectivity index (χ3v) is 6.65. The molecule has 0 bridgehead atoms. The maximum Gasteiger partial charge on any atom is 0.264 e. The number of hydrogen-bond acceptors (Lipinski definition) is 5. The third-order valence-electron chi connectivity index (χ3n) is 5.79. The Morgan fingerprint density at radius 2 is 1.60 bits per heavy atom. The molecule has 0 radical (unpaired) electrons. The van der Waals surface area contributed by atoms with Gasteiger partial charge in [0.15, 0.2) is 0 Å². The number of amides is 2. The van der Waals surface area contributed by atoms with Crippen molar-refractivity contribution < 1.29 is 14.0 Å². The van der Waals surface area contributed by atoms with Crippen LogP contribution in [0.5, 0.6) is 0 Å². The van der Waals surface area contributed by atoms with Crippen LogP contribution in [0.2, 0.25) is 0 Å². The normalized spacial score (nSPS) is 18.4. The van der Waals surface area contributed by atoms with Gasteiger partial charge in [0.2, 0.25) is 5.91 Å². The molecule has 0 saturated carbocycles. The Morgan fingerprint density at radius 1 is 0.867 bits per heavy atom. The quantitative estimate of drug-likeness (QED) is 0.747. The summed E-state index contributed by atoms with van der Waals surface area (Å²) in [6, 6.07) is 10.3. The Kier molecular flexibility index (Phi) is 6.64. The lowest BCUT2D eigenvalue weighted by Crippen LogP contribution is -2.52. The summed E-state index contributed by atoms with van der Waals surface area (Å²) in [5.74, 6) is -0.0306. The summed E-state index contributed by atoms with van der Waals surface area (Å²) in [7, 11) is 0. The molecular formula is C22H27FN4O2S. The van der Waals surface area contributed by atoms with E-state index in [9.17, 15) is 14.0 Å². The minimum Gasteiger partial charge on any atom is -0.370 e. The third kappa shape index (κ3) is 4.99. The van der Waals surface area contributed by atoms with Crippen LogP contribution in [0.15, 0.2) is 41.8 Å². The van der Waals surface area contributed by atoms with Gasteiger partial charge in [-0.2, -0.15) is 0 Å². The van der Waals surface area contributed by atoms with Gasteiger partial charge in [-0.25, -0.2) is 4.39 Å². The fourth-order valence-corrected chi connectivity index (χ4v) is 4.74. The maximum absolute atomic E-state index is 13.2. The second-order valence-electron chi connectivity index (χ2n) is 7.74. The molecule has 0 aliphatic carbocycles. The molecule has 1 aromatic carbocycles. The highest BCUT2D eigenvalue weighted by molar-refractivity contribution is 7.12. The van der Waals surface area contributed by atoms with Crippen LogP contribution in [0.1, 0.15) is 16.1 Å². The van der Waals surface area contributed by atoms with Crippen LogP contribution in [0.3, 0.4) is 0 Å². The summed E-state index contributed by atoms with van der Waals surface area (Å²) in [6.07, 6.45) is 0.966. The summed E-state index contributed by atoms with van der Waals surface area (Å²) in [4.78, 5) is 34.2. The van der Waals surface area contributed by atoms with Gasteiger partial charge in [0.25, 0.3) is 5.91 Å². The molecule has 2 aliphatic rings. The molecule has 2 saturated heterocycles. The van der Waals surface area contributed by atoms with Crippen molar-refractivity contribution in [2.45, 2.75) is 6.42 Å². The molecule has 0 atom stereocenters. The van der Waals surface area contributed by atoms with Crippen LogP contribution in [0, 0.1) is 5.82 Å². The molecule has 1 aromatic heterocycles.